The van der Waals surface area contributed by atoms with Gasteiger partial charge in [-0.1, -0.05) is 30.3 Å². The summed E-state index contributed by atoms with van der Waals surface area (Å²) in [4.78, 5) is 4.99. The summed E-state index contributed by atoms with van der Waals surface area (Å²) in [6.45, 7) is -0.500. The van der Waals surface area contributed by atoms with Crippen LogP contribution in [0, 0.1) is 0 Å². The van der Waals surface area contributed by atoms with Crippen LogP contribution in [0.15, 0.2) is 53.6 Å². The highest BCUT2D eigenvalue weighted by atomic mass is 32.2. The van der Waals surface area contributed by atoms with Crippen LogP contribution in [0.2, 0.25) is 0 Å². The van der Waals surface area contributed by atoms with Crippen LogP contribution >= 0.6 is 11.8 Å². The molecule has 16 heavy (non-hydrogen) atoms. The van der Waals surface area contributed by atoms with Gasteiger partial charge in [0.1, 0.15) is 6.67 Å². The third-order valence-electron chi connectivity index (χ3n) is 2.17. The van der Waals surface area contributed by atoms with Gasteiger partial charge in [-0.25, -0.2) is 4.39 Å². The van der Waals surface area contributed by atoms with Gasteiger partial charge in [0.2, 0.25) is 0 Å². The molecule has 1 aromatic heterocycles. The van der Waals surface area contributed by atoms with E-state index in [0.717, 1.165) is 10.6 Å². The molecule has 0 N–H and O–H groups in total. The van der Waals surface area contributed by atoms with E-state index in [1.165, 1.54) is 5.56 Å². The van der Waals surface area contributed by atoms with Crippen LogP contribution in [0.1, 0.15) is 11.3 Å². The summed E-state index contributed by atoms with van der Waals surface area (Å²) < 4.78 is 12.4. The Morgan fingerprint density at radius 2 is 1.94 bits per heavy atom. The van der Waals surface area contributed by atoms with Crippen molar-refractivity contribution in [2.24, 2.45) is 0 Å². The Bertz CT molecular complexity index is 445. The summed E-state index contributed by atoms with van der Waals surface area (Å²) in [5.74, 6) is 0.899. The molecule has 3 heteroatoms. The fourth-order valence-corrected chi connectivity index (χ4v) is 2.26. The zero-order valence-electron chi connectivity index (χ0n) is 8.77. The molecule has 0 fully saturated rings. The van der Waals surface area contributed by atoms with Crippen molar-refractivity contribution in [1.82, 2.24) is 4.98 Å². The number of pyridine rings is 1. The molecule has 0 amide bonds. The first kappa shape index (κ1) is 11.1. The fraction of sp³-hybridized carbons (Fsp3) is 0.154. The molecule has 0 aliphatic heterocycles. The van der Waals surface area contributed by atoms with E-state index < -0.39 is 6.67 Å². The van der Waals surface area contributed by atoms with E-state index >= 15 is 0 Å². The van der Waals surface area contributed by atoms with E-state index in [-0.39, 0.29) is 0 Å². The van der Waals surface area contributed by atoms with Crippen LogP contribution in [-0.4, -0.2) is 4.98 Å². The lowest BCUT2D eigenvalue weighted by Gasteiger charge is -2.02. The van der Waals surface area contributed by atoms with Gasteiger partial charge in [-0.05, 0) is 17.7 Å². The first-order chi connectivity index (χ1) is 7.88. The van der Waals surface area contributed by atoms with Gasteiger partial charge in [-0.2, -0.15) is 0 Å². The Hall–Kier alpha value is -1.35. The van der Waals surface area contributed by atoms with E-state index in [1.807, 2.05) is 24.3 Å². The smallest absolute Gasteiger partial charge is 0.131 e. The number of benzene rings is 1. The molecule has 0 aliphatic rings. The third-order valence-corrected chi connectivity index (χ3v) is 3.24. The summed E-state index contributed by atoms with van der Waals surface area (Å²) in [5.41, 5.74) is 1.77. The summed E-state index contributed by atoms with van der Waals surface area (Å²) in [7, 11) is 0. The maximum absolute atomic E-state index is 12.4. The molecule has 0 spiro atoms. The van der Waals surface area contributed by atoms with Crippen molar-refractivity contribution in [2.45, 2.75) is 17.3 Å². The van der Waals surface area contributed by atoms with Crippen molar-refractivity contribution in [3.8, 4) is 0 Å². The largest absolute Gasteiger partial charge is 0.258 e. The topological polar surface area (TPSA) is 12.9 Å². The number of halogens is 1. The standard InChI is InChI=1S/C13H12FNS/c14-9-12-8-13(6-7-15-12)16-10-11-4-2-1-3-5-11/h1-8H,9-10H2. The highest BCUT2D eigenvalue weighted by Gasteiger charge is 1.98. The van der Waals surface area contributed by atoms with E-state index in [9.17, 15) is 4.39 Å². The van der Waals surface area contributed by atoms with Gasteiger partial charge in [0.05, 0.1) is 5.69 Å². The molecule has 0 atom stereocenters. The number of nitrogens with zero attached hydrogens (tertiary/aromatic N) is 1. The molecule has 0 unspecified atom stereocenters. The second kappa shape index (κ2) is 5.66. The van der Waals surface area contributed by atoms with Gasteiger partial charge in [-0.15, -0.1) is 11.8 Å². The van der Waals surface area contributed by atoms with Crippen molar-refractivity contribution in [3.05, 3.63) is 59.9 Å². The Morgan fingerprint density at radius 1 is 1.12 bits per heavy atom. The molecule has 0 saturated carbocycles. The SMILES string of the molecule is FCc1cc(SCc2ccccc2)ccn1. The normalized spacial score (nSPS) is 10.3. The maximum Gasteiger partial charge on any atom is 0.131 e. The van der Waals surface area contributed by atoms with E-state index in [1.54, 1.807) is 24.0 Å². The number of aromatic nitrogens is 1. The average Bonchev–Trinajstić information content (AvgIpc) is 2.38. The molecular formula is C13H12FNS. The van der Waals surface area contributed by atoms with E-state index in [0.29, 0.717) is 5.69 Å². The van der Waals surface area contributed by atoms with Crippen LogP contribution < -0.4 is 0 Å². The van der Waals surface area contributed by atoms with Crippen LogP contribution in [-0.2, 0) is 12.4 Å². The van der Waals surface area contributed by atoms with Gasteiger partial charge in [-0.3, -0.25) is 4.98 Å². The van der Waals surface area contributed by atoms with Crippen molar-refractivity contribution in [2.75, 3.05) is 0 Å². The predicted octanol–water partition coefficient (Wildman–Crippen LogP) is 3.84. The van der Waals surface area contributed by atoms with Gasteiger partial charge >= 0.3 is 0 Å². The first-order valence-corrected chi connectivity index (χ1v) is 6.04. The highest BCUT2D eigenvalue weighted by Crippen LogP contribution is 2.22. The second-order valence-electron chi connectivity index (χ2n) is 3.39. The molecule has 0 aliphatic carbocycles. The predicted molar refractivity (Wildman–Crippen MR) is 65.1 cm³/mol. The quantitative estimate of drug-likeness (QED) is 0.744. The Morgan fingerprint density at radius 3 is 2.69 bits per heavy atom. The number of hydrogen-bond donors (Lipinski definition) is 0. The van der Waals surface area contributed by atoms with Crippen molar-refractivity contribution in [1.29, 1.82) is 0 Å². The number of thioether (sulfide) groups is 1. The highest BCUT2D eigenvalue weighted by molar-refractivity contribution is 7.98. The first-order valence-electron chi connectivity index (χ1n) is 5.06. The molecule has 1 aromatic carbocycles. The molecule has 1 nitrogen and oxygen atoms in total. The zero-order valence-corrected chi connectivity index (χ0v) is 9.58. The fourth-order valence-electron chi connectivity index (χ4n) is 1.36. The number of hydrogen-bond acceptors (Lipinski definition) is 2. The molecular weight excluding hydrogens is 221 g/mol. The van der Waals surface area contributed by atoms with Crippen LogP contribution in [0.4, 0.5) is 4.39 Å². The Labute approximate surface area is 98.7 Å². The lowest BCUT2D eigenvalue weighted by molar-refractivity contribution is 0.475. The number of rotatable bonds is 4. The maximum atomic E-state index is 12.4. The van der Waals surface area contributed by atoms with Gasteiger partial charge in [0, 0.05) is 16.8 Å². The Kier molecular flexibility index (Phi) is 3.94. The second-order valence-corrected chi connectivity index (χ2v) is 4.44. The molecule has 0 bridgehead atoms. The molecule has 2 aromatic rings. The van der Waals surface area contributed by atoms with Gasteiger partial charge in [0.15, 0.2) is 0 Å². The average molecular weight is 233 g/mol. The minimum Gasteiger partial charge on any atom is -0.258 e. The van der Waals surface area contributed by atoms with Crippen molar-refractivity contribution in [3.63, 3.8) is 0 Å². The van der Waals surface area contributed by atoms with Gasteiger partial charge < -0.3 is 0 Å². The van der Waals surface area contributed by atoms with E-state index in [4.69, 9.17) is 0 Å². The minimum atomic E-state index is -0.500. The summed E-state index contributed by atoms with van der Waals surface area (Å²) in [6, 6.07) is 13.9. The number of alkyl halides is 1. The third kappa shape index (κ3) is 3.07. The van der Waals surface area contributed by atoms with E-state index in [2.05, 4.69) is 17.1 Å². The monoisotopic (exact) mass is 233 g/mol. The summed E-state index contributed by atoms with van der Waals surface area (Å²) in [5, 5.41) is 0. The summed E-state index contributed by atoms with van der Waals surface area (Å²) >= 11 is 1.70. The summed E-state index contributed by atoms with van der Waals surface area (Å²) in [6.07, 6.45) is 1.66. The van der Waals surface area contributed by atoms with Gasteiger partial charge in [0.25, 0.3) is 0 Å². The van der Waals surface area contributed by atoms with Crippen LogP contribution in [0.3, 0.4) is 0 Å². The van der Waals surface area contributed by atoms with Crippen molar-refractivity contribution < 1.29 is 4.39 Å². The zero-order chi connectivity index (χ0) is 11.2. The molecule has 0 radical (unpaired) electrons. The molecule has 1 heterocycles. The van der Waals surface area contributed by atoms with Crippen molar-refractivity contribution >= 4 is 11.8 Å². The lowest BCUT2D eigenvalue weighted by Crippen LogP contribution is -1.85. The molecule has 82 valence electrons. The molecule has 0 saturated heterocycles. The Balaban J connectivity index is 1.99. The lowest BCUT2D eigenvalue weighted by atomic mass is 10.2. The minimum absolute atomic E-state index is 0.498. The molecule has 2 rings (SSSR count). The van der Waals surface area contributed by atoms with Crippen LogP contribution in [0.5, 0.6) is 0 Å². The van der Waals surface area contributed by atoms with Crippen LogP contribution in [0.25, 0.3) is 0 Å².